The molecule has 2 N–H and O–H groups in total. The average Bonchev–Trinajstić information content (AvgIpc) is 2.70. The van der Waals surface area contributed by atoms with E-state index in [0.717, 1.165) is 36.6 Å². The molecule has 0 radical (unpaired) electrons. The fourth-order valence-corrected chi connectivity index (χ4v) is 3.41. The second-order valence-electron chi connectivity index (χ2n) is 6.02. The topological polar surface area (TPSA) is 44.4 Å². The molecular formula is C18H18FN3O. The van der Waals surface area contributed by atoms with Gasteiger partial charge in [-0.2, -0.15) is 0 Å². The molecule has 0 aliphatic carbocycles. The van der Waals surface area contributed by atoms with Crippen LogP contribution >= 0.6 is 0 Å². The van der Waals surface area contributed by atoms with Crippen molar-refractivity contribution in [2.24, 2.45) is 0 Å². The summed E-state index contributed by atoms with van der Waals surface area (Å²) >= 11 is 0. The number of carbonyl (C=O) groups is 1. The maximum atomic E-state index is 14.1. The lowest BCUT2D eigenvalue weighted by Gasteiger charge is -2.36. The lowest BCUT2D eigenvalue weighted by Crippen LogP contribution is -2.51. The summed E-state index contributed by atoms with van der Waals surface area (Å²) in [5.41, 5.74) is 3.19. The quantitative estimate of drug-likeness (QED) is 0.851. The molecule has 0 bridgehead atoms. The van der Waals surface area contributed by atoms with Gasteiger partial charge in [-0.15, -0.1) is 0 Å². The molecular weight excluding hydrogens is 293 g/mol. The zero-order chi connectivity index (χ0) is 15.8. The number of benzene rings is 2. The number of hydrogen-bond acceptors (Lipinski definition) is 3. The molecule has 0 saturated carbocycles. The Morgan fingerprint density at radius 3 is 2.91 bits per heavy atom. The Hall–Kier alpha value is -2.40. The van der Waals surface area contributed by atoms with Crippen LogP contribution < -0.4 is 15.5 Å². The normalized spacial score (nSPS) is 20.3. The van der Waals surface area contributed by atoms with Gasteiger partial charge < -0.3 is 15.5 Å². The first-order valence-electron chi connectivity index (χ1n) is 7.88. The average molecular weight is 311 g/mol. The van der Waals surface area contributed by atoms with E-state index in [0.29, 0.717) is 12.0 Å². The molecule has 4 rings (SSSR count). The predicted octanol–water partition coefficient (Wildman–Crippen LogP) is 2.61. The van der Waals surface area contributed by atoms with Crippen LogP contribution in [0.15, 0.2) is 42.5 Å². The fraction of sp³-hybridized carbons (Fsp3) is 0.278. The Labute approximate surface area is 134 Å². The summed E-state index contributed by atoms with van der Waals surface area (Å²) in [7, 11) is 0. The van der Waals surface area contributed by atoms with E-state index in [1.165, 1.54) is 6.07 Å². The Balaban J connectivity index is 1.82. The number of piperazine rings is 1. The third-order valence-corrected chi connectivity index (χ3v) is 4.54. The van der Waals surface area contributed by atoms with E-state index in [1.54, 1.807) is 12.1 Å². The van der Waals surface area contributed by atoms with Gasteiger partial charge in [0, 0.05) is 31.6 Å². The zero-order valence-corrected chi connectivity index (χ0v) is 12.7. The van der Waals surface area contributed by atoms with E-state index >= 15 is 0 Å². The van der Waals surface area contributed by atoms with Crippen molar-refractivity contribution in [1.29, 1.82) is 0 Å². The van der Waals surface area contributed by atoms with Crippen LogP contribution in [0.4, 0.5) is 15.8 Å². The summed E-state index contributed by atoms with van der Waals surface area (Å²) in [6, 6.07) is 12.6. The largest absolute Gasteiger partial charge is 0.364 e. The number of hydrogen-bond donors (Lipinski definition) is 2. The van der Waals surface area contributed by atoms with Gasteiger partial charge in [-0.05, 0) is 23.8 Å². The Bertz CT molecular complexity index is 762. The van der Waals surface area contributed by atoms with Crippen molar-refractivity contribution >= 4 is 17.3 Å². The minimum absolute atomic E-state index is 0.0288. The minimum Gasteiger partial charge on any atom is -0.364 e. The number of fused-ring (bicyclic) bond motifs is 3. The predicted molar refractivity (Wildman–Crippen MR) is 89.1 cm³/mol. The maximum absolute atomic E-state index is 14.1. The Morgan fingerprint density at radius 1 is 1.17 bits per heavy atom. The van der Waals surface area contributed by atoms with Gasteiger partial charge in [-0.3, -0.25) is 4.79 Å². The minimum atomic E-state index is -0.234. The summed E-state index contributed by atoms with van der Waals surface area (Å²) in [6.45, 7) is 2.51. The monoisotopic (exact) mass is 311 g/mol. The molecule has 1 saturated heterocycles. The Morgan fingerprint density at radius 2 is 2.04 bits per heavy atom. The highest BCUT2D eigenvalue weighted by molar-refractivity contribution is 5.97. The van der Waals surface area contributed by atoms with Crippen molar-refractivity contribution in [2.45, 2.75) is 12.5 Å². The molecule has 23 heavy (non-hydrogen) atoms. The van der Waals surface area contributed by atoms with Gasteiger partial charge in [0.15, 0.2) is 0 Å². The van der Waals surface area contributed by atoms with Crippen LogP contribution in [0, 0.1) is 5.82 Å². The van der Waals surface area contributed by atoms with Crippen molar-refractivity contribution in [3.63, 3.8) is 0 Å². The van der Waals surface area contributed by atoms with Gasteiger partial charge in [-0.25, -0.2) is 4.39 Å². The maximum Gasteiger partial charge on any atom is 0.226 e. The van der Waals surface area contributed by atoms with E-state index in [4.69, 9.17) is 0 Å². The highest BCUT2D eigenvalue weighted by atomic mass is 19.1. The zero-order valence-electron chi connectivity index (χ0n) is 12.7. The molecule has 2 aliphatic rings. The summed E-state index contributed by atoms with van der Waals surface area (Å²) in [6.07, 6.45) is 0.469. The standard InChI is InChI=1S/C18H18FN3O/c19-15-4-2-1-3-14(15)12-5-6-16-17(9-12)22-8-7-20-11-13(22)10-18(23)21-16/h1-6,9,13,20H,7-8,10-11H2,(H,21,23). The number of halogens is 1. The van der Waals surface area contributed by atoms with Crippen molar-refractivity contribution < 1.29 is 9.18 Å². The smallest absolute Gasteiger partial charge is 0.226 e. The molecule has 5 heteroatoms. The fourth-order valence-electron chi connectivity index (χ4n) is 3.41. The second-order valence-corrected chi connectivity index (χ2v) is 6.02. The molecule has 0 aromatic heterocycles. The molecule has 0 spiro atoms. The first-order valence-corrected chi connectivity index (χ1v) is 7.88. The van der Waals surface area contributed by atoms with Gasteiger partial charge in [-0.1, -0.05) is 24.3 Å². The van der Waals surface area contributed by atoms with Crippen LogP contribution in [0.2, 0.25) is 0 Å². The SMILES string of the molecule is O=C1CC2CNCCN2c2cc(-c3ccccc3F)ccc2N1. The summed E-state index contributed by atoms with van der Waals surface area (Å²) in [4.78, 5) is 14.3. The molecule has 4 nitrogen and oxygen atoms in total. The van der Waals surface area contributed by atoms with E-state index in [-0.39, 0.29) is 17.8 Å². The molecule has 1 fully saturated rings. The second kappa shape index (κ2) is 5.66. The third-order valence-electron chi connectivity index (χ3n) is 4.54. The number of anilines is 2. The molecule has 2 aliphatic heterocycles. The van der Waals surface area contributed by atoms with Crippen LogP contribution in [0.1, 0.15) is 6.42 Å². The van der Waals surface area contributed by atoms with E-state index in [2.05, 4.69) is 15.5 Å². The van der Waals surface area contributed by atoms with Gasteiger partial charge >= 0.3 is 0 Å². The van der Waals surface area contributed by atoms with E-state index in [9.17, 15) is 9.18 Å². The number of amides is 1. The third kappa shape index (κ3) is 2.57. The van der Waals surface area contributed by atoms with Crippen LogP contribution in [-0.4, -0.2) is 31.6 Å². The van der Waals surface area contributed by atoms with E-state index in [1.807, 2.05) is 24.3 Å². The van der Waals surface area contributed by atoms with Crippen molar-refractivity contribution in [1.82, 2.24) is 5.32 Å². The van der Waals surface area contributed by atoms with Crippen LogP contribution in [0.25, 0.3) is 11.1 Å². The molecule has 2 aromatic carbocycles. The number of carbonyl (C=O) groups excluding carboxylic acids is 1. The van der Waals surface area contributed by atoms with Crippen LogP contribution in [0.5, 0.6) is 0 Å². The lowest BCUT2D eigenvalue weighted by atomic mass is 10.0. The molecule has 2 aromatic rings. The van der Waals surface area contributed by atoms with Gasteiger partial charge in [0.2, 0.25) is 5.91 Å². The molecule has 1 unspecified atom stereocenters. The number of nitrogens with one attached hydrogen (secondary N) is 2. The molecule has 118 valence electrons. The summed E-state index contributed by atoms with van der Waals surface area (Å²) in [5.74, 6) is -0.205. The van der Waals surface area contributed by atoms with Crippen LogP contribution in [0.3, 0.4) is 0 Å². The highest BCUT2D eigenvalue weighted by Gasteiger charge is 2.30. The highest BCUT2D eigenvalue weighted by Crippen LogP contribution is 2.36. The summed E-state index contributed by atoms with van der Waals surface area (Å²) < 4.78 is 14.1. The van der Waals surface area contributed by atoms with Crippen molar-refractivity contribution in [2.75, 3.05) is 29.9 Å². The first-order chi connectivity index (χ1) is 11.2. The van der Waals surface area contributed by atoms with E-state index < -0.39 is 0 Å². The van der Waals surface area contributed by atoms with Crippen LogP contribution in [-0.2, 0) is 4.79 Å². The van der Waals surface area contributed by atoms with Gasteiger partial charge in [0.1, 0.15) is 5.82 Å². The first kappa shape index (κ1) is 14.2. The van der Waals surface area contributed by atoms with Crippen molar-refractivity contribution in [3.8, 4) is 11.1 Å². The number of nitrogens with zero attached hydrogens (tertiary/aromatic N) is 1. The summed E-state index contributed by atoms with van der Waals surface area (Å²) in [5, 5.41) is 6.31. The Kier molecular flexibility index (Phi) is 3.50. The molecule has 2 heterocycles. The molecule has 1 atom stereocenters. The number of rotatable bonds is 1. The van der Waals surface area contributed by atoms with Crippen molar-refractivity contribution in [3.05, 3.63) is 48.3 Å². The van der Waals surface area contributed by atoms with Gasteiger partial charge in [0.25, 0.3) is 0 Å². The lowest BCUT2D eigenvalue weighted by molar-refractivity contribution is -0.116. The van der Waals surface area contributed by atoms with Gasteiger partial charge in [0.05, 0.1) is 17.4 Å². The molecule has 1 amide bonds.